The molecule has 25 heavy (non-hydrogen) atoms. The van der Waals surface area contributed by atoms with E-state index >= 15 is 0 Å². The highest BCUT2D eigenvalue weighted by molar-refractivity contribution is 6.09. The van der Waals surface area contributed by atoms with Crippen molar-refractivity contribution in [2.24, 2.45) is 5.92 Å². The normalized spacial score (nSPS) is 24.3. The van der Waals surface area contributed by atoms with E-state index in [1.54, 1.807) is 23.6 Å². The zero-order chi connectivity index (χ0) is 18.4. The molecule has 0 saturated carbocycles. The highest BCUT2D eigenvalue weighted by Gasteiger charge is 2.45. The van der Waals surface area contributed by atoms with Crippen molar-refractivity contribution in [1.29, 1.82) is 0 Å². The summed E-state index contributed by atoms with van der Waals surface area (Å²) in [6, 6.07) is 5.76. The summed E-state index contributed by atoms with van der Waals surface area (Å²) in [5.41, 5.74) is 2.25. The van der Waals surface area contributed by atoms with E-state index in [1.165, 1.54) is 5.56 Å². The van der Waals surface area contributed by atoms with Crippen molar-refractivity contribution in [1.82, 2.24) is 4.90 Å². The van der Waals surface area contributed by atoms with E-state index in [2.05, 4.69) is 0 Å². The van der Waals surface area contributed by atoms with E-state index in [0.717, 1.165) is 24.1 Å². The largest absolute Gasteiger partial charge is 0.388 e. The number of hydrogen-bond acceptors (Lipinski definition) is 3. The van der Waals surface area contributed by atoms with E-state index in [-0.39, 0.29) is 17.9 Å². The summed E-state index contributed by atoms with van der Waals surface area (Å²) < 4.78 is 0. The Labute approximate surface area is 149 Å². The fourth-order valence-electron chi connectivity index (χ4n) is 4.02. The lowest BCUT2D eigenvalue weighted by Gasteiger charge is -2.34. The van der Waals surface area contributed by atoms with Crippen molar-refractivity contribution in [2.75, 3.05) is 18.0 Å². The molecule has 2 aliphatic heterocycles. The number of amides is 2. The fourth-order valence-corrected chi connectivity index (χ4v) is 4.02. The van der Waals surface area contributed by atoms with Crippen LogP contribution in [0.15, 0.2) is 18.2 Å². The molecule has 2 heterocycles. The zero-order valence-electron chi connectivity index (χ0n) is 15.6. The van der Waals surface area contributed by atoms with Gasteiger partial charge >= 0.3 is 0 Å². The molecule has 2 amide bonds. The Hall–Kier alpha value is -1.88. The lowest BCUT2D eigenvalue weighted by molar-refractivity contribution is -0.144. The van der Waals surface area contributed by atoms with Crippen molar-refractivity contribution in [3.63, 3.8) is 0 Å². The quantitative estimate of drug-likeness (QED) is 0.857. The SMILES string of the molecule is Cc1ccc(N2CCC(C(=O)N3CCCC3C(C)(C)O)C2=O)cc1C. The Balaban J connectivity index is 1.77. The molecule has 136 valence electrons. The van der Waals surface area contributed by atoms with Gasteiger partial charge in [-0.2, -0.15) is 0 Å². The first-order chi connectivity index (χ1) is 11.7. The van der Waals surface area contributed by atoms with Gasteiger partial charge in [-0.3, -0.25) is 9.59 Å². The molecular weight excluding hydrogens is 316 g/mol. The van der Waals surface area contributed by atoms with E-state index in [0.29, 0.717) is 19.5 Å². The van der Waals surface area contributed by atoms with Gasteiger partial charge in [0, 0.05) is 18.8 Å². The molecule has 2 unspecified atom stereocenters. The van der Waals surface area contributed by atoms with E-state index in [9.17, 15) is 14.7 Å². The predicted molar refractivity (Wildman–Crippen MR) is 97.4 cm³/mol. The molecule has 5 nitrogen and oxygen atoms in total. The van der Waals surface area contributed by atoms with Gasteiger partial charge in [-0.1, -0.05) is 6.07 Å². The average Bonchev–Trinajstić information content (AvgIpc) is 3.16. The van der Waals surface area contributed by atoms with Gasteiger partial charge in [-0.15, -0.1) is 0 Å². The monoisotopic (exact) mass is 344 g/mol. The number of nitrogens with zero attached hydrogens (tertiary/aromatic N) is 2. The van der Waals surface area contributed by atoms with E-state index in [1.807, 2.05) is 32.0 Å². The first-order valence-corrected chi connectivity index (χ1v) is 9.11. The second-order valence-electron chi connectivity index (χ2n) is 7.94. The molecule has 1 aromatic carbocycles. The highest BCUT2D eigenvalue weighted by Crippen LogP contribution is 2.32. The first kappa shape index (κ1) is 17.9. The van der Waals surface area contributed by atoms with Crippen LogP contribution in [0.4, 0.5) is 5.69 Å². The molecule has 0 radical (unpaired) electrons. The molecule has 0 aliphatic carbocycles. The number of aryl methyl sites for hydroxylation is 2. The van der Waals surface area contributed by atoms with Gasteiger partial charge in [-0.25, -0.2) is 0 Å². The van der Waals surface area contributed by atoms with Crippen LogP contribution in [-0.2, 0) is 9.59 Å². The van der Waals surface area contributed by atoms with Crippen LogP contribution in [0.25, 0.3) is 0 Å². The number of hydrogen-bond donors (Lipinski definition) is 1. The number of anilines is 1. The van der Waals surface area contributed by atoms with Crippen LogP contribution >= 0.6 is 0 Å². The van der Waals surface area contributed by atoms with Gasteiger partial charge < -0.3 is 14.9 Å². The summed E-state index contributed by atoms with van der Waals surface area (Å²) in [6.45, 7) is 8.74. The Kier molecular flexibility index (Phi) is 4.62. The van der Waals surface area contributed by atoms with Crippen LogP contribution in [0.3, 0.4) is 0 Å². The van der Waals surface area contributed by atoms with E-state index in [4.69, 9.17) is 0 Å². The minimum Gasteiger partial charge on any atom is -0.388 e. The topological polar surface area (TPSA) is 60.9 Å². The zero-order valence-corrected chi connectivity index (χ0v) is 15.6. The molecule has 5 heteroatoms. The second-order valence-corrected chi connectivity index (χ2v) is 7.94. The second kappa shape index (κ2) is 6.45. The molecule has 2 saturated heterocycles. The van der Waals surface area contributed by atoms with Crippen molar-refractivity contribution in [3.05, 3.63) is 29.3 Å². The summed E-state index contributed by atoms with van der Waals surface area (Å²) in [7, 11) is 0. The van der Waals surface area contributed by atoms with Crippen LogP contribution < -0.4 is 4.90 Å². The number of benzene rings is 1. The summed E-state index contributed by atoms with van der Waals surface area (Å²) in [4.78, 5) is 29.3. The molecule has 2 aliphatic rings. The molecular formula is C20H28N2O3. The maximum atomic E-state index is 13.0. The number of rotatable bonds is 3. The Morgan fingerprint density at radius 3 is 2.52 bits per heavy atom. The van der Waals surface area contributed by atoms with Crippen LogP contribution in [-0.4, -0.2) is 46.6 Å². The third-order valence-corrected chi connectivity index (χ3v) is 5.66. The standard InChI is InChI=1S/C20H28N2O3/c1-13-7-8-15(12-14(13)2)21-11-9-16(18(21)23)19(24)22-10-5-6-17(22)20(3,4)25/h7-8,12,16-17,25H,5-6,9-11H2,1-4H3. The molecule has 2 atom stereocenters. The summed E-state index contributed by atoms with van der Waals surface area (Å²) in [5, 5.41) is 10.3. The molecule has 0 bridgehead atoms. The van der Waals surface area contributed by atoms with Crippen molar-refractivity contribution in [3.8, 4) is 0 Å². The maximum absolute atomic E-state index is 13.0. The van der Waals surface area contributed by atoms with Crippen molar-refractivity contribution in [2.45, 2.75) is 58.6 Å². The molecule has 2 fully saturated rings. The number of carbonyl (C=O) groups excluding carboxylic acids is 2. The summed E-state index contributed by atoms with van der Waals surface area (Å²) >= 11 is 0. The molecule has 3 rings (SSSR count). The van der Waals surface area contributed by atoms with Gasteiger partial charge in [-0.05, 0) is 70.2 Å². The average molecular weight is 344 g/mol. The Morgan fingerprint density at radius 2 is 1.88 bits per heavy atom. The van der Waals surface area contributed by atoms with E-state index < -0.39 is 11.5 Å². The lowest BCUT2D eigenvalue weighted by atomic mass is 9.95. The van der Waals surface area contributed by atoms with Crippen LogP contribution in [0.2, 0.25) is 0 Å². The van der Waals surface area contributed by atoms with Crippen LogP contribution in [0.5, 0.6) is 0 Å². The maximum Gasteiger partial charge on any atom is 0.239 e. The molecule has 1 N–H and O–H groups in total. The minimum absolute atomic E-state index is 0.116. The predicted octanol–water partition coefficient (Wildman–Crippen LogP) is 2.42. The summed E-state index contributed by atoms with van der Waals surface area (Å²) in [6.07, 6.45) is 2.21. The Bertz CT molecular complexity index is 693. The smallest absolute Gasteiger partial charge is 0.239 e. The first-order valence-electron chi connectivity index (χ1n) is 9.11. The van der Waals surface area contributed by atoms with Gasteiger partial charge in [0.2, 0.25) is 11.8 Å². The number of carbonyl (C=O) groups is 2. The number of likely N-dealkylation sites (tertiary alicyclic amines) is 1. The number of aliphatic hydroxyl groups is 1. The molecule has 1 aromatic rings. The lowest BCUT2D eigenvalue weighted by Crippen LogP contribution is -2.51. The van der Waals surface area contributed by atoms with Gasteiger partial charge in [0.25, 0.3) is 0 Å². The van der Waals surface area contributed by atoms with Gasteiger partial charge in [0.15, 0.2) is 0 Å². The Morgan fingerprint density at radius 1 is 1.16 bits per heavy atom. The van der Waals surface area contributed by atoms with Crippen molar-refractivity contribution >= 4 is 17.5 Å². The minimum atomic E-state index is -0.943. The fraction of sp³-hybridized carbons (Fsp3) is 0.600. The molecule has 0 spiro atoms. The third kappa shape index (κ3) is 3.30. The molecule has 0 aromatic heterocycles. The van der Waals surface area contributed by atoms with Crippen LogP contribution in [0, 0.1) is 19.8 Å². The van der Waals surface area contributed by atoms with Crippen molar-refractivity contribution < 1.29 is 14.7 Å². The summed E-state index contributed by atoms with van der Waals surface area (Å²) in [5.74, 6) is -0.861. The van der Waals surface area contributed by atoms with Gasteiger partial charge in [0.05, 0.1) is 11.6 Å². The van der Waals surface area contributed by atoms with Gasteiger partial charge in [0.1, 0.15) is 5.92 Å². The van der Waals surface area contributed by atoms with Crippen LogP contribution in [0.1, 0.15) is 44.2 Å². The highest BCUT2D eigenvalue weighted by atomic mass is 16.3. The third-order valence-electron chi connectivity index (χ3n) is 5.66.